The molecule has 0 amide bonds. The van der Waals surface area contributed by atoms with Gasteiger partial charge in [0.2, 0.25) is 0 Å². The first-order valence-corrected chi connectivity index (χ1v) is 5.03. The van der Waals surface area contributed by atoms with Crippen molar-refractivity contribution >= 4 is 11.4 Å². The van der Waals surface area contributed by atoms with Crippen LogP contribution in [0.1, 0.15) is 19.4 Å². The van der Waals surface area contributed by atoms with Crippen LogP contribution in [0.15, 0.2) is 18.2 Å². The molecule has 0 bridgehead atoms. The van der Waals surface area contributed by atoms with Crippen molar-refractivity contribution in [2.45, 2.75) is 26.4 Å². The van der Waals surface area contributed by atoms with Gasteiger partial charge in [0.1, 0.15) is 5.66 Å². The van der Waals surface area contributed by atoms with Gasteiger partial charge in [-0.1, -0.05) is 12.1 Å². The molecule has 76 valence electrons. The van der Waals surface area contributed by atoms with E-state index in [0.717, 1.165) is 0 Å². The predicted octanol–water partition coefficient (Wildman–Crippen LogP) is 2.62. The van der Waals surface area contributed by atoms with Gasteiger partial charge in [-0.05, 0) is 32.4 Å². The summed E-state index contributed by atoms with van der Waals surface area (Å²) in [5, 5.41) is 0. The topological polar surface area (TPSA) is 6.48 Å². The first-order chi connectivity index (χ1) is 6.46. The SMILES string of the molecule is Cc1cccc2c1N(C)C(C)(C)N2C. The number of aryl methyl sites for hydroxylation is 1. The van der Waals surface area contributed by atoms with Crippen LogP contribution >= 0.6 is 0 Å². The molecule has 1 heterocycles. The smallest absolute Gasteiger partial charge is 0.106 e. The van der Waals surface area contributed by atoms with Crippen molar-refractivity contribution in [2.75, 3.05) is 23.9 Å². The molecule has 0 atom stereocenters. The van der Waals surface area contributed by atoms with Crippen LogP contribution in [-0.2, 0) is 0 Å². The van der Waals surface area contributed by atoms with Gasteiger partial charge in [0.25, 0.3) is 0 Å². The lowest BCUT2D eigenvalue weighted by molar-refractivity contribution is 0.504. The van der Waals surface area contributed by atoms with Gasteiger partial charge in [-0.2, -0.15) is 0 Å². The van der Waals surface area contributed by atoms with Crippen molar-refractivity contribution in [1.82, 2.24) is 0 Å². The third-order valence-electron chi connectivity index (χ3n) is 3.55. The maximum absolute atomic E-state index is 2.34. The number of para-hydroxylation sites is 1. The van der Waals surface area contributed by atoms with Crippen LogP contribution in [-0.4, -0.2) is 19.8 Å². The molecule has 0 unspecified atom stereocenters. The molecule has 1 aromatic rings. The first-order valence-electron chi connectivity index (χ1n) is 5.03. The lowest BCUT2D eigenvalue weighted by Crippen LogP contribution is -2.49. The molecule has 2 nitrogen and oxygen atoms in total. The average molecular weight is 190 g/mol. The zero-order valence-electron chi connectivity index (χ0n) is 9.63. The second-order valence-corrected chi connectivity index (χ2v) is 4.56. The van der Waals surface area contributed by atoms with E-state index in [1.54, 1.807) is 0 Å². The fourth-order valence-electron chi connectivity index (χ4n) is 2.14. The summed E-state index contributed by atoms with van der Waals surface area (Å²) in [5.41, 5.74) is 4.12. The van der Waals surface area contributed by atoms with Crippen molar-refractivity contribution < 1.29 is 0 Å². The predicted molar refractivity (Wildman–Crippen MR) is 62.1 cm³/mol. The molecule has 0 spiro atoms. The van der Waals surface area contributed by atoms with Crippen molar-refractivity contribution in [1.29, 1.82) is 0 Å². The summed E-state index contributed by atoms with van der Waals surface area (Å²) in [5.74, 6) is 0. The van der Waals surface area contributed by atoms with Crippen molar-refractivity contribution in [3.8, 4) is 0 Å². The van der Waals surface area contributed by atoms with Gasteiger partial charge in [0, 0.05) is 14.1 Å². The number of rotatable bonds is 0. The van der Waals surface area contributed by atoms with Crippen molar-refractivity contribution in [3.05, 3.63) is 23.8 Å². The Morgan fingerprint density at radius 3 is 2.29 bits per heavy atom. The highest BCUT2D eigenvalue weighted by atomic mass is 15.4. The van der Waals surface area contributed by atoms with Crippen LogP contribution in [0.25, 0.3) is 0 Å². The zero-order valence-corrected chi connectivity index (χ0v) is 9.63. The number of anilines is 2. The lowest BCUT2D eigenvalue weighted by atomic mass is 10.1. The Kier molecular flexibility index (Phi) is 1.78. The maximum atomic E-state index is 2.34. The quantitative estimate of drug-likeness (QED) is 0.620. The lowest BCUT2D eigenvalue weighted by Gasteiger charge is -2.36. The molecule has 0 fully saturated rings. The molecule has 0 saturated heterocycles. The third kappa shape index (κ3) is 0.969. The van der Waals surface area contributed by atoms with Gasteiger partial charge in [0.05, 0.1) is 11.4 Å². The Morgan fingerprint density at radius 1 is 1.07 bits per heavy atom. The fraction of sp³-hybridized carbons (Fsp3) is 0.500. The molecule has 1 aliphatic rings. The van der Waals surface area contributed by atoms with Gasteiger partial charge >= 0.3 is 0 Å². The minimum atomic E-state index is 0.0778. The van der Waals surface area contributed by atoms with Crippen LogP contribution in [0.2, 0.25) is 0 Å². The number of hydrogen-bond acceptors (Lipinski definition) is 2. The first kappa shape index (κ1) is 9.38. The fourth-order valence-corrected chi connectivity index (χ4v) is 2.14. The Balaban J connectivity index is 2.64. The monoisotopic (exact) mass is 190 g/mol. The van der Waals surface area contributed by atoms with Gasteiger partial charge in [-0.15, -0.1) is 0 Å². The molecule has 1 aromatic carbocycles. The molecule has 0 aliphatic carbocycles. The van der Waals surface area contributed by atoms with E-state index >= 15 is 0 Å². The van der Waals surface area contributed by atoms with E-state index in [1.807, 2.05) is 0 Å². The molecular weight excluding hydrogens is 172 g/mol. The maximum Gasteiger partial charge on any atom is 0.106 e. The number of fused-ring (bicyclic) bond motifs is 1. The van der Waals surface area contributed by atoms with Gasteiger partial charge in [-0.25, -0.2) is 0 Å². The second kappa shape index (κ2) is 2.66. The van der Waals surface area contributed by atoms with Crippen LogP contribution in [0.4, 0.5) is 11.4 Å². The van der Waals surface area contributed by atoms with Crippen LogP contribution < -0.4 is 9.80 Å². The van der Waals surface area contributed by atoms with Gasteiger partial charge in [0.15, 0.2) is 0 Å². The summed E-state index contributed by atoms with van der Waals surface area (Å²) in [6, 6.07) is 6.48. The standard InChI is InChI=1S/C12H18N2/c1-9-7-6-8-10-11(9)14(5)12(2,3)13(10)4/h6-8H,1-5H3. The summed E-state index contributed by atoms with van der Waals surface area (Å²) >= 11 is 0. The molecule has 0 N–H and O–H groups in total. The molecule has 14 heavy (non-hydrogen) atoms. The third-order valence-corrected chi connectivity index (χ3v) is 3.55. The second-order valence-electron chi connectivity index (χ2n) is 4.56. The Hall–Kier alpha value is -1.18. The summed E-state index contributed by atoms with van der Waals surface area (Å²) in [7, 11) is 4.32. The number of benzene rings is 1. The highest BCUT2D eigenvalue weighted by Crippen LogP contribution is 2.44. The normalized spacial score (nSPS) is 18.6. The number of nitrogens with zero attached hydrogens (tertiary/aromatic N) is 2. The minimum absolute atomic E-state index is 0.0778. The number of hydrogen-bond donors (Lipinski definition) is 0. The Bertz CT molecular complexity index is 369. The minimum Gasteiger partial charge on any atom is -0.351 e. The van der Waals surface area contributed by atoms with E-state index in [-0.39, 0.29) is 5.66 Å². The molecule has 1 aliphatic heterocycles. The largest absolute Gasteiger partial charge is 0.351 e. The van der Waals surface area contributed by atoms with E-state index < -0.39 is 0 Å². The average Bonchev–Trinajstić information content (AvgIpc) is 2.30. The summed E-state index contributed by atoms with van der Waals surface area (Å²) in [6.07, 6.45) is 0. The molecule has 0 aromatic heterocycles. The highest BCUT2D eigenvalue weighted by Gasteiger charge is 2.38. The molecule has 0 saturated carbocycles. The van der Waals surface area contributed by atoms with E-state index in [2.05, 4.69) is 62.9 Å². The molecule has 0 radical (unpaired) electrons. The molecule has 2 rings (SSSR count). The summed E-state index contributed by atoms with van der Waals surface area (Å²) in [4.78, 5) is 4.67. The van der Waals surface area contributed by atoms with Crippen molar-refractivity contribution in [3.63, 3.8) is 0 Å². The Morgan fingerprint density at radius 2 is 1.71 bits per heavy atom. The summed E-state index contributed by atoms with van der Waals surface area (Å²) in [6.45, 7) is 6.66. The van der Waals surface area contributed by atoms with Crippen molar-refractivity contribution in [2.24, 2.45) is 0 Å². The van der Waals surface area contributed by atoms with Gasteiger partial charge < -0.3 is 9.80 Å². The molecular formula is C12H18N2. The van der Waals surface area contributed by atoms with E-state index in [9.17, 15) is 0 Å². The van der Waals surface area contributed by atoms with E-state index in [1.165, 1.54) is 16.9 Å². The molecule has 2 heteroatoms. The summed E-state index contributed by atoms with van der Waals surface area (Å²) < 4.78 is 0. The van der Waals surface area contributed by atoms with Crippen LogP contribution in [0.3, 0.4) is 0 Å². The van der Waals surface area contributed by atoms with Crippen LogP contribution in [0.5, 0.6) is 0 Å². The van der Waals surface area contributed by atoms with Gasteiger partial charge in [-0.3, -0.25) is 0 Å². The highest BCUT2D eigenvalue weighted by molar-refractivity contribution is 5.81. The van der Waals surface area contributed by atoms with E-state index in [0.29, 0.717) is 0 Å². The van der Waals surface area contributed by atoms with Crippen LogP contribution in [0, 0.1) is 6.92 Å². The zero-order chi connectivity index (χ0) is 10.5. The van der Waals surface area contributed by atoms with E-state index in [4.69, 9.17) is 0 Å². The Labute approximate surface area is 86.1 Å².